The fourth-order valence-electron chi connectivity index (χ4n) is 2.64. The van der Waals surface area contributed by atoms with Crippen LogP contribution in [0.5, 0.6) is 5.75 Å². The van der Waals surface area contributed by atoms with Crippen molar-refractivity contribution in [1.29, 1.82) is 0 Å². The van der Waals surface area contributed by atoms with Gasteiger partial charge in [-0.15, -0.1) is 11.3 Å². The Morgan fingerprint density at radius 3 is 2.54 bits per heavy atom. The molecule has 144 valence electrons. The summed E-state index contributed by atoms with van der Waals surface area (Å²) >= 11 is 1.46. The van der Waals surface area contributed by atoms with E-state index >= 15 is 0 Å². The van der Waals surface area contributed by atoms with Crippen LogP contribution in [0.3, 0.4) is 0 Å². The first kappa shape index (κ1) is 19.8. The van der Waals surface area contributed by atoms with Crippen molar-refractivity contribution in [3.8, 4) is 16.3 Å². The average Bonchev–Trinajstić information content (AvgIpc) is 3.20. The molecule has 0 spiro atoms. The molecule has 0 aliphatic rings. The number of ketones is 1. The number of nitrogens with zero attached hydrogens (tertiary/aromatic N) is 1. The summed E-state index contributed by atoms with van der Waals surface area (Å²) in [5, 5.41) is 2.66. The Bertz CT molecular complexity index is 963. The highest BCUT2D eigenvalue weighted by Gasteiger charge is 2.13. The molecule has 0 radical (unpaired) electrons. The van der Waals surface area contributed by atoms with Crippen molar-refractivity contribution in [2.75, 3.05) is 7.11 Å². The minimum Gasteiger partial charge on any atom is -0.496 e. The molecular weight excluding hydrogens is 374 g/mol. The second kappa shape index (κ2) is 9.28. The van der Waals surface area contributed by atoms with Gasteiger partial charge < -0.3 is 9.47 Å². The third-order valence-corrected chi connectivity index (χ3v) is 5.12. The van der Waals surface area contributed by atoms with Crippen molar-refractivity contribution in [2.24, 2.45) is 0 Å². The van der Waals surface area contributed by atoms with Gasteiger partial charge in [0.05, 0.1) is 24.8 Å². The summed E-state index contributed by atoms with van der Waals surface area (Å²) in [5.74, 6) is 0.270. The Hall–Kier alpha value is -2.99. The zero-order chi connectivity index (χ0) is 19.9. The van der Waals surface area contributed by atoms with E-state index in [2.05, 4.69) is 4.98 Å². The molecule has 0 atom stereocenters. The maximum atomic E-state index is 12.1. The van der Waals surface area contributed by atoms with Crippen LogP contribution in [-0.2, 0) is 16.1 Å². The molecule has 0 aliphatic heterocycles. The van der Waals surface area contributed by atoms with Gasteiger partial charge in [0.25, 0.3) is 0 Å². The van der Waals surface area contributed by atoms with E-state index < -0.39 is 5.97 Å². The number of carbonyl (C=O) groups is 2. The SMILES string of the molecule is COc1ccccc1-c1nc(COC(=O)CCC(=O)c2ccc(C)cc2)cs1. The fourth-order valence-corrected chi connectivity index (χ4v) is 3.48. The third-order valence-electron chi connectivity index (χ3n) is 4.20. The van der Waals surface area contributed by atoms with Crippen LogP contribution in [0.2, 0.25) is 0 Å². The summed E-state index contributed by atoms with van der Waals surface area (Å²) in [6, 6.07) is 14.9. The number of thiazole rings is 1. The van der Waals surface area contributed by atoms with Gasteiger partial charge in [0.15, 0.2) is 5.78 Å². The van der Waals surface area contributed by atoms with E-state index in [0.29, 0.717) is 11.3 Å². The van der Waals surface area contributed by atoms with Gasteiger partial charge in [-0.05, 0) is 19.1 Å². The van der Waals surface area contributed by atoms with Crippen LogP contribution in [0, 0.1) is 6.92 Å². The lowest BCUT2D eigenvalue weighted by Gasteiger charge is -2.05. The number of ether oxygens (including phenoxy) is 2. The smallest absolute Gasteiger partial charge is 0.306 e. The van der Waals surface area contributed by atoms with Crippen molar-refractivity contribution in [1.82, 2.24) is 4.98 Å². The normalized spacial score (nSPS) is 10.5. The Labute approximate surface area is 168 Å². The van der Waals surface area contributed by atoms with Crippen LogP contribution in [-0.4, -0.2) is 23.8 Å². The second-order valence-electron chi connectivity index (χ2n) is 6.29. The van der Waals surface area contributed by atoms with Crippen molar-refractivity contribution >= 4 is 23.1 Å². The van der Waals surface area contributed by atoms with Crippen molar-refractivity contribution in [3.05, 3.63) is 70.7 Å². The molecule has 5 nitrogen and oxygen atoms in total. The Morgan fingerprint density at radius 2 is 1.79 bits per heavy atom. The Balaban J connectivity index is 1.50. The first-order valence-corrected chi connectivity index (χ1v) is 9.78. The quantitative estimate of drug-likeness (QED) is 0.404. The monoisotopic (exact) mass is 395 g/mol. The lowest BCUT2D eigenvalue weighted by atomic mass is 10.1. The van der Waals surface area contributed by atoms with Crippen LogP contribution in [0.25, 0.3) is 10.6 Å². The number of rotatable bonds is 8. The van der Waals surface area contributed by atoms with Crippen LogP contribution in [0.15, 0.2) is 53.9 Å². The number of hydrogen-bond donors (Lipinski definition) is 0. The molecule has 2 aromatic carbocycles. The molecule has 1 aromatic heterocycles. The van der Waals surface area contributed by atoms with E-state index in [4.69, 9.17) is 9.47 Å². The zero-order valence-electron chi connectivity index (χ0n) is 15.8. The number of carbonyl (C=O) groups excluding carboxylic acids is 2. The molecule has 3 rings (SSSR count). The summed E-state index contributed by atoms with van der Waals surface area (Å²) in [7, 11) is 1.62. The predicted octanol–water partition coefficient (Wildman–Crippen LogP) is 4.83. The first-order valence-electron chi connectivity index (χ1n) is 8.90. The molecule has 3 aromatic rings. The lowest BCUT2D eigenvalue weighted by Crippen LogP contribution is -2.08. The summed E-state index contributed by atoms with van der Waals surface area (Å²) in [5.41, 5.74) is 3.27. The van der Waals surface area contributed by atoms with Gasteiger partial charge in [0.1, 0.15) is 17.4 Å². The molecule has 0 aliphatic carbocycles. The van der Waals surface area contributed by atoms with Gasteiger partial charge in [-0.25, -0.2) is 4.98 Å². The summed E-state index contributed by atoms with van der Waals surface area (Å²) in [4.78, 5) is 28.6. The summed E-state index contributed by atoms with van der Waals surface area (Å²) in [6.45, 7) is 2.05. The standard InChI is InChI=1S/C22H21NO4S/c1-15-7-9-16(10-8-15)19(24)11-12-21(25)27-13-17-14-28-22(23-17)18-5-3-4-6-20(18)26-2/h3-10,14H,11-13H2,1-2H3. The van der Waals surface area contributed by atoms with Crippen molar-refractivity contribution in [2.45, 2.75) is 26.4 Å². The zero-order valence-corrected chi connectivity index (χ0v) is 16.6. The first-order chi connectivity index (χ1) is 13.6. The molecule has 1 heterocycles. The van der Waals surface area contributed by atoms with E-state index in [9.17, 15) is 9.59 Å². The maximum Gasteiger partial charge on any atom is 0.306 e. The number of esters is 1. The van der Waals surface area contributed by atoms with Gasteiger partial charge in [-0.1, -0.05) is 42.0 Å². The van der Waals surface area contributed by atoms with Crippen molar-refractivity contribution < 1.29 is 19.1 Å². The van der Waals surface area contributed by atoms with E-state index in [1.54, 1.807) is 19.2 Å². The fraction of sp³-hybridized carbons (Fsp3) is 0.227. The summed E-state index contributed by atoms with van der Waals surface area (Å²) in [6.07, 6.45) is 0.182. The highest BCUT2D eigenvalue weighted by Crippen LogP contribution is 2.31. The topological polar surface area (TPSA) is 65.5 Å². The lowest BCUT2D eigenvalue weighted by molar-refractivity contribution is -0.145. The number of hydrogen-bond acceptors (Lipinski definition) is 6. The van der Waals surface area contributed by atoms with Gasteiger partial charge in [0.2, 0.25) is 0 Å². The highest BCUT2D eigenvalue weighted by atomic mass is 32.1. The Morgan fingerprint density at radius 1 is 1.04 bits per heavy atom. The molecule has 28 heavy (non-hydrogen) atoms. The largest absolute Gasteiger partial charge is 0.496 e. The number of aromatic nitrogens is 1. The van der Waals surface area contributed by atoms with E-state index in [0.717, 1.165) is 21.9 Å². The number of benzene rings is 2. The van der Waals surface area contributed by atoms with Gasteiger partial charge >= 0.3 is 5.97 Å². The minimum atomic E-state index is -0.410. The van der Waals surface area contributed by atoms with Crippen LogP contribution < -0.4 is 4.74 Å². The highest BCUT2D eigenvalue weighted by molar-refractivity contribution is 7.13. The van der Waals surface area contributed by atoms with Crippen LogP contribution >= 0.6 is 11.3 Å². The van der Waals surface area contributed by atoms with Gasteiger partial charge in [-0.2, -0.15) is 0 Å². The number of Topliss-reactive ketones (excluding diaryl/α,β-unsaturated/α-hetero) is 1. The third kappa shape index (κ3) is 5.04. The van der Waals surface area contributed by atoms with Crippen LogP contribution in [0.1, 0.15) is 34.5 Å². The molecular formula is C22H21NO4S. The van der Waals surface area contributed by atoms with E-state index in [1.807, 2.05) is 48.7 Å². The average molecular weight is 395 g/mol. The molecule has 0 unspecified atom stereocenters. The molecule has 0 fully saturated rings. The number of para-hydroxylation sites is 1. The molecule has 0 amide bonds. The molecule has 0 bridgehead atoms. The summed E-state index contributed by atoms with van der Waals surface area (Å²) < 4.78 is 10.6. The Kier molecular flexibility index (Phi) is 6.55. The number of methoxy groups -OCH3 is 1. The van der Waals surface area contributed by atoms with Crippen LogP contribution in [0.4, 0.5) is 0 Å². The molecule has 0 saturated carbocycles. The molecule has 0 N–H and O–H groups in total. The molecule has 6 heteroatoms. The van der Waals surface area contributed by atoms with Crippen molar-refractivity contribution in [3.63, 3.8) is 0 Å². The van der Waals surface area contributed by atoms with E-state index in [-0.39, 0.29) is 25.2 Å². The molecule has 0 saturated heterocycles. The minimum absolute atomic E-state index is 0.0518. The number of aryl methyl sites for hydroxylation is 1. The predicted molar refractivity (Wildman–Crippen MR) is 109 cm³/mol. The maximum absolute atomic E-state index is 12.1. The van der Waals surface area contributed by atoms with Gasteiger partial charge in [-0.3, -0.25) is 9.59 Å². The second-order valence-corrected chi connectivity index (χ2v) is 7.15. The van der Waals surface area contributed by atoms with E-state index in [1.165, 1.54) is 11.3 Å². The van der Waals surface area contributed by atoms with Gasteiger partial charge in [0, 0.05) is 17.4 Å².